The molecule has 0 saturated carbocycles. The number of aliphatic hydroxyl groups excluding tert-OH is 2. The van der Waals surface area contributed by atoms with Crippen LogP contribution < -0.4 is 5.73 Å². The van der Waals surface area contributed by atoms with Crippen LogP contribution in [0.2, 0.25) is 0 Å². The number of ketones is 2. The van der Waals surface area contributed by atoms with Crippen molar-refractivity contribution in [2.45, 2.75) is 24.5 Å². The average Bonchev–Trinajstić information content (AvgIpc) is 2.70. The summed E-state index contributed by atoms with van der Waals surface area (Å²) in [5, 5.41) is 52.9. The Morgan fingerprint density at radius 2 is 1.91 bits per heavy atom. The van der Waals surface area contributed by atoms with E-state index in [-0.39, 0.29) is 29.5 Å². The van der Waals surface area contributed by atoms with Gasteiger partial charge in [0.15, 0.2) is 11.4 Å². The van der Waals surface area contributed by atoms with Crippen molar-refractivity contribution in [3.05, 3.63) is 51.5 Å². The lowest BCUT2D eigenvalue weighted by molar-refractivity contribution is -0.148. The normalized spacial score (nSPS) is 29.4. The fourth-order valence-corrected chi connectivity index (χ4v) is 5.36. The number of amides is 1. The maximum absolute atomic E-state index is 13.3. The lowest BCUT2D eigenvalue weighted by Gasteiger charge is -2.50. The van der Waals surface area contributed by atoms with Crippen LogP contribution in [0.3, 0.4) is 0 Å². The highest BCUT2D eigenvalue weighted by atomic mass is 16.3. The van der Waals surface area contributed by atoms with Gasteiger partial charge in [0.25, 0.3) is 5.91 Å². The Morgan fingerprint density at radius 1 is 1.25 bits per heavy atom. The zero-order chi connectivity index (χ0) is 23.7. The molecule has 3 aliphatic carbocycles. The molecule has 4 rings (SSSR count). The summed E-state index contributed by atoms with van der Waals surface area (Å²) in [6.07, 6.45) is 0.0676. The molecule has 0 radical (unpaired) electrons. The largest absolute Gasteiger partial charge is 0.510 e. The van der Waals surface area contributed by atoms with Gasteiger partial charge in [0.1, 0.15) is 22.8 Å². The summed E-state index contributed by atoms with van der Waals surface area (Å²) in [5.41, 5.74) is 1.82. The van der Waals surface area contributed by atoms with Crippen LogP contribution in [0.25, 0.3) is 0 Å². The van der Waals surface area contributed by atoms with E-state index in [0.29, 0.717) is 5.56 Å². The maximum atomic E-state index is 13.3. The summed E-state index contributed by atoms with van der Waals surface area (Å²) in [4.78, 5) is 39.8. The van der Waals surface area contributed by atoms with E-state index in [9.17, 15) is 40.1 Å². The number of fused-ring (bicyclic) bond motifs is 3. The number of nitrogens with two attached hydrogens (primary N) is 1. The van der Waals surface area contributed by atoms with Crippen molar-refractivity contribution < 1.29 is 34.8 Å². The first-order valence-corrected chi connectivity index (χ1v) is 9.86. The summed E-state index contributed by atoms with van der Waals surface area (Å²) >= 11 is 0. The minimum absolute atomic E-state index is 0.0215. The first-order chi connectivity index (χ1) is 15.0. The molecule has 10 heteroatoms. The Morgan fingerprint density at radius 3 is 2.47 bits per heavy atom. The molecule has 32 heavy (non-hydrogen) atoms. The highest BCUT2D eigenvalue weighted by Gasteiger charge is 2.63. The van der Waals surface area contributed by atoms with Gasteiger partial charge in [0, 0.05) is 11.5 Å². The summed E-state index contributed by atoms with van der Waals surface area (Å²) < 4.78 is 0. The Labute approximate surface area is 182 Å². The molecule has 166 valence electrons. The summed E-state index contributed by atoms with van der Waals surface area (Å²) in [7, 11) is 3.11. The van der Waals surface area contributed by atoms with Crippen molar-refractivity contribution in [3.63, 3.8) is 0 Å². The Bertz CT molecular complexity index is 1210. The Kier molecular flexibility index (Phi) is 4.66. The smallest absolute Gasteiger partial charge is 0.255 e. The van der Waals surface area contributed by atoms with Crippen molar-refractivity contribution in [1.82, 2.24) is 4.90 Å². The zero-order valence-corrected chi connectivity index (χ0v) is 17.3. The third kappa shape index (κ3) is 2.55. The average molecular weight is 439 g/mol. The highest BCUT2D eigenvalue weighted by molar-refractivity contribution is 6.24. The fraction of sp³-hybridized carbons (Fsp3) is 0.364. The monoisotopic (exact) mass is 439 g/mol. The van der Waals surface area contributed by atoms with E-state index < -0.39 is 63.8 Å². The van der Waals surface area contributed by atoms with Crippen molar-refractivity contribution >= 4 is 17.5 Å². The van der Waals surface area contributed by atoms with Crippen LogP contribution in [0, 0.1) is 23.2 Å². The van der Waals surface area contributed by atoms with Gasteiger partial charge in [-0.15, -0.1) is 0 Å². The molecule has 10 nitrogen and oxygen atoms in total. The van der Waals surface area contributed by atoms with Gasteiger partial charge >= 0.3 is 0 Å². The third-order valence-electron chi connectivity index (χ3n) is 6.73. The van der Waals surface area contributed by atoms with E-state index in [1.54, 1.807) is 14.1 Å². The molecule has 4 atom stereocenters. The highest BCUT2D eigenvalue weighted by Crippen LogP contribution is 2.52. The number of benzene rings is 1. The first kappa shape index (κ1) is 21.5. The number of nitrogens with zero attached hydrogens (tertiary/aromatic N) is 2. The molecule has 0 bridgehead atoms. The molecule has 3 aliphatic rings. The molecule has 1 aromatic rings. The van der Waals surface area contributed by atoms with Crippen LogP contribution in [-0.2, 0) is 16.0 Å². The van der Waals surface area contributed by atoms with E-state index in [1.807, 2.05) is 6.07 Å². The van der Waals surface area contributed by atoms with E-state index in [2.05, 4.69) is 0 Å². The molecule has 6 N–H and O–H groups in total. The second-order valence-electron chi connectivity index (χ2n) is 8.56. The van der Waals surface area contributed by atoms with Crippen molar-refractivity contribution in [2.24, 2.45) is 17.6 Å². The van der Waals surface area contributed by atoms with Gasteiger partial charge in [-0.1, -0.05) is 0 Å². The third-order valence-corrected chi connectivity index (χ3v) is 6.73. The van der Waals surface area contributed by atoms with Crippen molar-refractivity contribution in [2.75, 3.05) is 14.1 Å². The lowest BCUT2D eigenvalue weighted by atomic mass is 9.58. The van der Waals surface area contributed by atoms with Crippen LogP contribution in [0.1, 0.15) is 27.9 Å². The number of phenols is 1. The van der Waals surface area contributed by atoms with Gasteiger partial charge < -0.3 is 26.2 Å². The number of primary amides is 1. The standard InChI is InChI=1S/C22H21N3O7/c1-25(2)16-11-6-9-5-10-8(7-23)3-4-12(26)14(10)17(27)13(9)19(29)22(11,32)20(30)15(18(16)28)21(24)31/h3-4,9,11,16,26,28-29,32H,5-6H2,1-2H3,(H2,24,31). The predicted octanol–water partition coefficient (Wildman–Crippen LogP) is -0.00772. The number of aromatic hydroxyl groups is 1. The number of aliphatic hydroxyl groups is 3. The number of Topliss-reactive ketones (excluding diaryl/α,β-unsaturated/α-hetero) is 2. The molecule has 0 aromatic heterocycles. The zero-order valence-electron chi connectivity index (χ0n) is 17.3. The number of likely N-dealkylation sites (N-methyl/N-ethyl adjacent to an activating group) is 1. The number of hydrogen-bond acceptors (Lipinski definition) is 9. The van der Waals surface area contributed by atoms with Gasteiger partial charge in [-0.25, -0.2) is 0 Å². The Balaban J connectivity index is 1.99. The van der Waals surface area contributed by atoms with E-state index in [1.165, 1.54) is 17.0 Å². The van der Waals surface area contributed by atoms with Crippen molar-refractivity contribution in [1.29, 1.82) is 5.26 Å². The SMILES string of the molecule is CN(C)C1C(O)=C(C(N)=O)C(=O)C2(O)C(O)=C3C(=O)c4c(O)ccc(C#N)c4CC3CC12. The van der Waals surface area contributed by atoms with Crippen LogP contribution in [0.5, 0.6) is 5.75 Å². The van der Waals surface area contributed by atoms with E-state index >= 15 is 0 Å². The van der Waals surface area contributed by atoms with Crippen LogP contribution >= 0.6 is 0 Å². The number of nitriles is 1. The summed E-state index contributed by atoms with van der Waals surface area (Å²) in [5.74, 6) is -7.13. The quantitative estimate of drug-likeness (QED) is 0.395. The van der Waals surface area contributed by atoms with Gasteiger partial charge in [-0.05, 0) is 50.6 Å². The van der Waals surface area contributed by atoms with Crippen LogP contribution in [0.4, 0.5) is 0 Å². The Hall–Kier alpha value is -3.68. The molecular weight excluding hydrogens is 418 g/mol. The van der Waals surface area contributed by atoms with Gasteiger partial charge in [-0.2, -0.15) is 5.26 Å². The van der Waals surface area contributed by atoms with Gasteiger partial charge in [-0.3, -0.25) is 19.3 Å². The van der Waals surface area contributed by atoms with Crippen molar-refractivity contribution in [3.8, 4) is 11.8 Å². The minimum Gasteiger partial charge on any atom is -0.510 e. The minimum atomic E-state index is -2.67. The molecule has 1 amide bonds. The molecule has 0 aliphatic heterocycles. The fourth-order valence-electron chi connectivity index (χ4n) is 5.36. The summed E-state index contributed by atoms with van der Waals surface area (Å²) in [6.45, 7) is 0. The second kappa shape index (κ2) is 6.91. The number of carbonyl (C=O) groups is 3. The number of allylic oxidation sites excluding steroid dienone is 1. The topological polar surface area (TPSA) is 185 Å². The van der Waals surface area contributed by atoms with E-state index in [4.69, 9.17) is 5.73 Å². The molecule has 0 heterocycles. The molecular formula is C22H21N3O7. The maximum Gasteiger partial charge on any atom is 0.255 e. The van der Waals surface area contributed by atoms with Gasteiger partial charge in [0.05, 0.1) is 23.2 Å². The number of carbonyl (C=O) groups excluding carboxylic acids is 3. The van der Waals surface area contributed by atoms with Crippen LogP contribution in [0.15, 0.2) is 34.8 Å². The predicted molar refractivity (Wildman–Crippen MR) is 108 cm³/mol. The lowest BCUT2D eigenvalue weighted by Crippen LogP contribution is -2.63. The number of hydrogen-bond donors (Lipinski definition) is 5. The molecule has 0 fully saturated rings. The van der Waals surface area contributed by atoms with Crippen LogP contribution in [-0.4, -0.2) is 68.5 Å². The number of phenolic OH excluding ortho intramolecular Hbond substituents is 1. The van der Waals surface area contributed by atoms with Gasteiger partial charge in [0.2, 0.25) is 5.78 Å². The molecule has 0 spiro atoms. The second-order valence-corrected chi connectivity index (χ2v) is 8.56. The number of rotatable bonds is 2. The summed E-state index contributed by atoms with van der Waals surface area (Å²) in [6, 6.07) is 3.50. The molecule has 4 unspecified atom stereocenters. The molecule has 0 saturated heterocycles. The van der Waals surface area contributed by atoms with E-state index in [0.717, 1.165) is 0 Å². The first-order valence-electron chi connectivity index (χ1n) is 9.86. The molecule has 1 aromatic carbocycles.